The van der Waals surface area contributed by atoms with Crippen LogP contribution in [0.2, 0.25) is 0 Å². The third-order valence-corrected chi connectivity index (χ3v) is 6.42. The number of aromatic nitrogens is 1. The summed E-state index contributed by atoms with van der Waals surface area (Å²) < 4.78 is 1.70. The van der Waals surface area contributed by atoms with Gasteiger partial charge in [0.2, 0.25) is 0 Å². The highest BCUT2D eigenvalue weighted by atomic mass is 79.9. The smallest absolute Gasteiger partial charge is 0.199 e. The summed E-state index contributed by atoms with van der Waals surface area (Å²) in [7, 11) is 0. The molecule has 6 nitrogen and oxygen atoms in total. The molecule has 5 atom stereocenters. The first-order chi connectivity index (χ1) is 12.9. The highest BCUT2D eigenvalue weighted by Gasteiger charge is 2.31. The van der Waals surface area contributed by atoms with Crippen LogP contribution < -0.4 is 11.1 Å². The molecule has 1 aliphatic heterocycles. The quantitative estimate of drug-likeness (QED) is 0.426. The van der Waals surface area contributed by atoms with E-state index in [9.17, 15) is 15.3 Å². The zero-order chi connectivity index (χ0) is 19.6. The van der Waals surface area contributed by atoms with Gasteiger partial charge < -0.3 is 25.6 Å². The average Bonchev–Trinajstić information content (AvgIpc) is 2.97. The third-order valence-electron chi connectivity index (χ3n) is 5.51. The second kappa shape index (κ2) is 8.92. The third kappa shape index (κ3) is 4.49. The van der Waals surface area contributed by atoms with Gasteiger partial charge in [-0.25, -0.2) is 0 Å². The van der Waals surface area contributed by atoms with Gasteiger partial charge >= 0.3 is 0 Å². The molecular weight excluding hydrogens is 410 g/mol. The van der Waals surface area contributed by atoms with Gasteiger partial charge in [-0.05, 0) is 43.7 Å². The lowest BCUT2D eigenvalue weighted by atomic mass is 9.97. The number of rotatable bonds is 7. The van der Waals surface area contributed by atoms with E-state index < -0.39 is 12.5 Å². The number of aliphatic hydroxyl groups is 2. The van der Waals surface area contributed by atoms with Crippen LogP contribution in [0.3, 0.4) is 0 Å². The number of piperidine rings is 1. The fourth-order valence-corrected chi connectivity index (χ4v) is 4.70. The Hall–Kier alpha value is -1.12. The van der Waals surface area contributed by atoms with E-state index in [1.54, 1.807) is 4.57 Å². The molecule has 27 heavy (non-hydrogen) atoms. The Kier molecular flexibility index (Phi) is 6.81. The predicted molar refractivity (Wildman–Crippen MR) is 111 cm³/mol. The molecule has 3 rings (SSSR count). The summed E-state index contributed by atoms with van der Waals surface area (Å²) in [6, 6.07) is 5.36. The van der Waals surface area contributed by atoms with Gasteiger partial charge in [-0.1, -0.05) is 41.4 Å². The molecule has 1 aliphatic rings. The molecule has 5 unspecified atom stereocenters. The Morgan fingerprint density at radius 1 is 1.22 bits per heavy atom. The maximum atomic E-state index is 10.7. The van der Waals surface area contributed by atoms with Crippen LogP contribution in [0, 0.1) is 0 Å². The van der Waals surface area contributed by atoms with Crippen LogP contribution in [0.4, 0.5) is 0 Å². The van der Waals surface area contributed by atoms with Gasteiger partial charge in [0.1, 0.15) is 12.5 Å². The van der Waals surface area contributed by atoms with Crippen molar-refractivity contribution in [2.45, 2.75) is 74.8 Å². The fraction of sp³-hybridized carbons (Fsp3) is 0.600. The van der Waals surface area contributed by atoms with Crippen molar-refractivity contribution in [3.63, 3.8) is 0 Å². The van der Waals surface area contributed by atoms with Crippen molar-refractivity contribution in [3.05, 3.63) is 30.0 Å². The van der Waals surface area contributed by atoms with Crippen molar-refractivity contribution in [3.8, 4) is 5.88 Å². The molecule has 2 heterocycles. The molecule has 0 amide bonds. The minimum absolute atomic E-state index is 0.114. The normalized spacial score (nSPS) is 25.6. The molecule has 1 aromatic heterocycles. The summed E-state index contributed by atoms with van der Waals surface area (Å²) in [6.45, 7) is 2.17. The number of nitrogens with two attached hydrogens (primary N) is 1. The first kappa shape index (κ1) is 20.6. The molecule has 0 radical (unpaired) electrons. The monoisotopic (exact) mass is 439 g/mol. The van der Waals surface area contributed by atoms with Gasteiger partial charge in [0.25, 0.3) is 0 Å². The van der Waals surface area contributed by atoms with E-state index in [0.29, 0.717) is 17.7 Å². The lowest BCUT2D eigenvalue weighted by molar-refractivity contribution is -0.0290. The largest absolute Gasteiger partial charge is 0.494 e. The first-order valence-corrected chi connectivity index (χ1v) is 10.7. The maximum absolute atomic E-state index is 10.7. The molecule has 7 heteroatoms. The number of aliphatic hydroxyl groups excluding tert-OH is 2. The zero-order valence-corrected chi connectivity index (χ0v) is 17.3. The van der Waals surface area contributed by atoms with Gasteiger partial charge in [0, 0.05) is 27.8 Å². The fourth-order valence-electron chi connectivity index (χ4n) is 3.98. The lowest BCUT2D eigenvalue weighted by Crippen LogP contribution is -2.47. The van der Waals surface area contributed by atoms with Crippen molar-refractivity contribution in [1.82, 2.24) is 9.88 Å². The van der Waals surface area contributed by atoms with Crippen LogP contribution in [0.15, 0.2) is 24.4 Å². The van der Waals surface area contributed by atoms with E-state index in [0.717, 1.165) is 42.0 Å². The van der Waals surface area contributed by atoms with E-state index >= 15 is 0 Å². The predicted octanol–water partition coefficient (Wildman–Crippen LogP) is 3.25. The molecule has 2 aromatic rings. The minimum Gasteiger partial charge on any atom is -0.494 e. The average molecular weight is 440 g/mol. The number of aromatic hydroxyl groups is 1. The second-order valence-electron chi connectivity index (χ2n) is 7.51. The number of hydrogen-bond acceptors (Lipinski definition) is 5. The number of nitrogens with one attached hydrogen (secondary N) is 1. The van der Waals surface area contributed by atoms with Gasteiger partial charge in [0.05, 0.1) is 6.04 Å². The number of hydrogen-bond donors (Lipinski definition) is 5. The molecule has 0 bridgehead atoms. The molecular formula is C20H30BrN3O3. The van der Waals surface area contributed by atoms with Gasteiger partial charge in [-0.15, -0.1) is 0 Å². The van der Waals surface area contributed by atoms with Crippen molar-refractivity contribution < 1.29 is 15.3 Å². The van der Waals surface area contributed by atoms with Gasteiger partial charge in [-0.2, -0.15) is 0 Å². The highest BCUT2D eigenvalue weighted by molar-refractivity contribution is 9.09. The van der Waals surface area contributed by atoms with Crippen molar-refractivity contribution in [2.75, 3.05) is 0 Å². The summed E-state index contributed by atoms with van der Waals surface area (Å²) in [5.41, 5.74) is 7.49. The van der Waals surface area contributed by atoms with Crippen LogP contribution in [0.1, 0.15) is 63.1 Å². The Bertz CT molecular complexity index is 766. The molecule has 1 saturated heterocycles. The number of alkyl halides is 1. The van der Waals surface area contributed by atoms with Gasteiger partial charge in [0.15, 0.2) is 5.88 Å². The summed E-state index contributed by atoms with van der Waals surface area (Å²) >= 11 is 3.71. The van der Waals surface area contributed by atoms with Crippen LogP contribution in [-0.2, 0) is 0 Å². The van der Waals surface area contributed by atoms with E-state index in [4.69, 9.17) is 5.73 Å². The van der Waals surface area contributed by atoms with E-state index in [1.165, 1.54) is 0 Å². The topological polar surface area (TPSA) is 104 Å². The Balaban J connectivity index is 1.86. The van der Waals surface area contributed by atoms with Gasteiger partial charge in [-0.3, -0.25) is 5.32 Å². The summed E-state index contributed by atoms with van der Waals surface area (Å²) in [5, 5.41) is 35.1. The number of fused-ring (bicyclic) bond motifs is 1. The SMILES string of the molecule is CCCC(Br)CCC(N)c1cccc2c(O)n(C3CCC(O)NC3O)cc12. The highest BCUT2D eigenvalue weighted by Crippen LogP contribution is 2.37. The molecule has 0 saturated carbocycles. The van der Waals surface area contributed by atoms with Crippen molar-refractivity contribution in [1.29, 1.82) is 0 Å². The number of benzene rings is 1. The lowest BCUT2D eigenvalue weighted by Gasteiger charge is -2.33. The molecule has 6 N–H and O–H groups in total. The Morgan fingerprint density at radius 2 is 2.00 bits per heavy atom. The molecule has 1 fully saturated rings. The van der Waals surface area contributed by atoms with Crippen LogP contribution >= 0.6 is 15.9 Å². The summed E-state index contributed by atoms with van der Waals surface area (Å²) in [5.74, 6) is 0.130. The minimum atomic E-state index is -0.915. The van der Waals surface area contributed by atoms with E-state index in [1.807, 2.05) is 24.4 Å². The number of halogens is 1. The first-order valence-electron chi connectivity index (χ1n) is 9.76. The van der Waals surface area contributed by atoms with Crippen LogP contribution in [0.5, 0.6) is 5.88 Å². The molecule has 150 valence electrons. The zero-order valence-electron chi connectivity index (χ0n) is 15.7. The van der Waals surface area contributed by atoms with Crippen molar-refractivity contribution in [2.24, 2.45) is 5.73 Å². The van der Waals surface area contributed by atoms with Crippen LogP contribution in [0.25, 0.3) is 10.8 Å². The standard InChI is InChI=1S/C20H30BrN3O3/c1-2-4-12(21)7-8-16(22)13-5-3-6-14-15(13)11-24(20(14)27)17-9-10-18(25)23-19(17)26/h3,5-6,11-12,16-19,23,25-27H,2,4,7-10,22H2,1H3. The maximum Gasteiger partial charge on any atom is 0.199 e. The second-order valence-corrected chi connectivity index (χ2v) is 8.81. The number of nitrogens with zero attached hydrogens (tertiary/aromatic N) is 1. The molecule has 1 aromatic carbocycles. The van der Waals surface area contributed by atoms with Crippen LogP contribution in [-0.4, -0.2) is 37.2 Å². The van der Waals surface area contributed by atoms with E-state index in [2.05, 4.69) is 28.2 Å². The van der Waals surface area contributed by atoms with E-state index in [-0.39, 0.29) is 18.0 Å². The Labute approximate surface area is 168 Å². The van der Waals surface area contributed by atoms with Crippen molar-refractivity contribution >= 4 is 26.7 Å². The molecule has 0 aliphatic carbocycles. The molecule has 0 spiro atoms. The summed E-state index contributed by atoms with van der Waals surface area (Å²) in [6.07, 6.45) is 5.48. The summed E-state index contributed by atoms with van der Waals surface area (Å²) in [4.78, 5) is 0.473. The Morgan fingerprint density at radius 3 is 2.70 bits per heavy atom.